The Morgan fingerprint density at radius 3 is 2.40 bits per heavy atom. The van der Waals surface area contributed by atoms with Gasteiger partial charge in [-0.25, -0.2) is 8.42 Å². The summed E-state index contributed by atoms with van der Waals surface area (Å²) in [6.45, 7) is 2.12. The summed E-state index contributed by atoms with van der Waals surface area (Å²) >= 11 is 0. The Balaban J connectivity index is 1.51. The van der Waals surface area contributed by atoms with Crippen molar-refractivity contribution >= 4 is 21.6 Å². The molecule has 1 aromatic carbocycles. The summed E-state index contributed by atoms with van der Waals surface area (Å²) in [6, 6.07) is 12.2. The zero-order valence-corrected chi connectivity index (χ0v) is 18.3. The van der Waals surface area contributed by atoms with E-state index in [1.165, 1.54) is 0 Å². The number of carbonyl (C=O) groups is 1. The lowest BCUT2D eigenvalue weighted by atomic mass is 10.2. The first kappa shape index (κ1) is 22.4. The fourth-order valence-electron chi connectivity index (χ4n) is 3.52. The molecule has 7 nitrogen and oxygen atoms in total. The van der Waals surface area contributed by atoms with Crippen molar-refractivity contribution in [3.63, 3.8) is 0 Å². The van der Waals surface area contributed by atoms with Gasteiger partial charge in [0.2, 0.25) is 15.9 Å². The Morgan fingerprint density at radius 1 is 1.07 bits per heavy atom. The van der Waals surface area contributed by atoms with Crippen LogP contribution >= 0.6 is 0 Å². The van der Waals surface area contributed by atoms with Crippen molar-refractivity contribution < 1.29 is 13.2 Å². The third-order valence-electron chi connectivity index (χ3n) is 5.23. The highest BCUT2D eigenvalue weighted by Crippen LogP contribution is 2.21. The predicted molar refractivity (Wildman–Crippen MR) is 118 cm³/mol. The molecule has 1 N–H and O–H groups in total. The zero-order chi connectivity index (χ0) is 21.4. The van der Waals surface area contributed by atoms with Crippen LogP contribution in [0.1, 0.15) is 31.4 Å². The average molecular weight is 431 g/mol. The molecular formula is C22H30N4O3S. The number of nitrogens with one attached hydrogen (secondary N) is 1. The molecule has 0 unspecified atom stereocenters. The highest BCUT2D eigenvalue weighted by atomic mass is 32.2. The highest BCUT2D eigenvalue weighted by Gasteiger charge is 2.25. The van der Waals surface area contributed by atoms with Crippen LogP contribution in [0.2, 0.25) is 0 Å². The Labute approximate surface area is 179 Å². The molecule has 0 atom stereocenters. The van der Waals surface area contributed by atoms with Gasteiger partial charge in [0.1, 0.15) is 0 Å². The third-order valence-corrected chi connectivity index (χ3v) is 7.14. The predicted octanol–water partition coefficient (Wildman–Crippen LogP) is 2.76. The molecule has 0 radical (unpaired) electrons. The van der Waals surface area contributed by atoms with Gasteiger partial charge in [0.25, 0.3) is 0 Å². The van der Waals surface area contributed by atoms with Gasteiger partial charge in [-0.3, -0.25) is 14.7 Å². The first-order chi connectivity index (χ1) is 14.4. The van der Waals surface area contributed by atoms with Crippen LogP contribution in [0.25, 0.3) is 0 Å². The summed E-state index contributed by atoms with van der Waals surface area (Å²) in [5.41, 5.74) is 1.58. The van der Waals surface area contributed by atoms with E-state index in [2.05, 4.69) is 10.3 Å². The van der Waals surface area contributed by atoms with Gasteiger partial charge in [-0.05, 0) is 56.3 Å². The second kappa shape index (κ2) is 10.7. The van der Waals surface area contributed by atoms with Gasteiger partial charge in [0.15, 0.2) is 0 Å². The molecule has 0 spiro atoms. The van der Waals surface area contributed by atoms with Crippen molar-refractivity contribution in [3.05, 3.63) is 54.4 Å². The standard InChI is InChI=1S/C22H30N4O3S/c1-25(17-13-19-8-4-5-14-23-19)18-22(27)24-20-9-11-21(12-10-20)30(28,29)26-15-6-2-3-7-16-26/h4-5,8-12,14H,2-3,6-7,13,15-18H2,1H3,(H,24,27). The number of amides is 1. The van der Waals surface area contributed by atoms with Crippen molar-refractivity contribution in [2.24, 2.45) is 0 Å². The number of hydrogen-bond donors (Lipinski definition) is 1. The van der Waals surface area contributed by atoms with Gasteiger partial charge < -0.3 is 5.32 Å². The Hall–Kier alpha value is -2.29. The van der Waals surface area contributed by atoms with E-state index >= 15 is 0 Å². The molecule has 1 saturated heterocycles. The van der Waals surface area contributed by atoms with Crippen LogP contribution in [0.3, 0.4) is 0 Å². The molecule has 1 aliphatic heterocycles. The van der Waals surface area contributed by atoms with Crippen molar-refractivity contribution in [2.45, 2.75) is 37.0 Å². The number of anilines is 1. The first-order valence-corrected chi connectivity index (χ1v) is 11.9. The number of hydrogen-bond acceptors (Lipinski definition) is 5. The van der Waals surface area contributed by atoms with Gasteiger partial charge in [0.05, 0.1) is 11.4 Å². The minimum atomic E-state index is -3.48. The van der Waals surface area contributed by atoms with Crippen LogP contribution in [0.15, 0.2) is 53.6 Å². The number of benzene rings is 1. The molecule has 1 fully saturated rings. The SMILES string of the molecule is CN(CCc1ccccn1)CC(=O)Nc1ccc(S(=O)(=O)N2CCCCCC2)cc1. The molecule has 2 aromatic rings. The maximum absolute atomic E-state index is 12.8. The number of likely N-dealkylation sites (N-methyl/N-ethyl adjacent to an activating group) is 1. The van der Waals surface area contributed by atoms with E-state index in [0.717, 1.165) is 44.3 Å². The van der Waals surface area contributed by atoms with Crippen LogP contribution in [0.4, 0.5) is 5.69 Å². The Kier molecular flexibility index (Phi) is 7.95. The van der Waals surface area contributed by atoms with E-state index in [9.17, 15) is 13.2 Å². The summed E-state index contributed by atoms with van der Waals surface area (Å²) in [4.78, 5) is 18.8. The van der Waals surface area contributed by atoms with Crippen LogP contribution < -0.4 is 5.32 Å². The maximum Gasteiger partial charge on any atom is 0.243 e. The second-order valence-electron chi connectivity index (χ2n) is 7.70. The largest absolute Gasteiger partial charge is 0.325 e. The molecular weight excluding hydrogens is 400 g/mol. The number of pyridine rings is 1. The molecule has 162 valence electrons. The third kappa shape index (κ3) is 6.35. The van der Waals surface area contributed by atoms with Crippen molar-refractivity contribution in [1.82, 2.24) is 14.2 Å². The van der Waals surface area contributed by atoms with E-state index < -0.39 is 10.0 Å². The fourth-order valence-corrected chi connectivity index (χ4v) is 5.03. The maximum atomic E-state index is 12.8. The van der Waals surface area contributed by atoms with Crippen LogP contribution in [0.5, 0.6) is 0 Å². The van der Waals surface area contributed by atoms with Crippen LogP contribution in [-0.4, -0.2) is 61.7 Å². The average Bonchev–Trinajstić information content (AvgIpc) is 3.03. The quantitative estimate of drug-likeness (QED) is 0.696. The number of nitrogens with zero attached hydrogens (tertiary/aromatic N) is 3. The molecule has 1 amide bonds. The lowest BCUT2D eigenvalue weighted by Crippen LogP contribution is -2.32. The van der Waals surface area contributed by atoms with Crippen molar-refractivity contribution in [2.75, 3.05) is 38.5 Å². The topological polar surface area (TPSA) is 82.6 Å². The van der Waals surface area contributed by atoms with Gasteiger partial charge in [-0.15, -0.1) is 0 Å². The molecule has 30 heavy (non-hydrogen) atoms. The van der Waals surface area contributed by atoms with Crippen LogP contribution in [0, 0.1) is 0 Å². The first-order valence-electron chi connectivity index (χ1n) is 10.4. The molecule has 0 aliphatic carbocycles. The summed E-state index contributed by atoms with van der Waals surface area (Å²) in [7, 11) is -1.59. The van der Waals surface area contributed by atoms with E-state index in [1.54, 1.807) is 34.8 Å². The van der Waals surface area contributed by atoms with Gasteiger partial charge in [-0.2, -0.15) is 4.31 Å². The van der Waals surface area contributed by atoms with Crippen LogP contribution in [-0.2, 0) is 21.2 Å². The van der Waals surface area contributed by atoms with E-state index in [1.807, 2.05) is 30.1 Å². The number of rotatable bonds is 8. The summed E-state index contributed by atoms with van der Waals surface area (Å²) in [5.74, 6) is -0.137. The smallest absolute Gasteiger partial charge is 0.243 e. The van der Waals surface area contributed by atoms with Gasteiger partial charge >= 0.3 is 0 Å². The summed E-state index contributed by atoms with van der Waals surface area (Å²) in [6.07, 6.45) is 6.50. The molecule has 2 heterocycles. The van der Waals surface area contributed by atoms with Crippen molar-refractivity contribution in [1.29, 1.82) is 0 Å². The minimum absolute atomic E-state index is 0.137. The summed E-state index contributed by atoms with van der Waals surface area (Å²) < 4.78 is 27.2. The monoisotopic (exact) mass is 430 g/mol. The van der Waals surface area contributed by atoms with E-state index in [-0.39, 0.29) is 17.3 Å². The van der Waals surface area contributed by atoms with Gasteiger partial charge in [-0.1, -0.05) is 18.9 Å². The lowest BCUT2D eigenvalue weighted by molar-refractivity contribution is -0.117. The molecule has 0 saturated carbocycles. The Bertz CT molecular complexity index is 909. The molecule has 1 aromatic heterocycles. The fraction of sp³-hybridized carbons (Fsp3) is 0.455. The Morgan fingerprint density at radius 2 is 1.77 bits per heavy atom. The van der Waals surface area contributed by atoms with E-state index in [0.29, 0.717) is 18.8 Å². The summed E-state index contributed by atoms with van der Waals surface area (Å²) in [5, 5.41) is 2.83. The normalized spacial score (nSPS) is 15.7. The lowest BCUT2D eigenvalue weighted by Gasteiger charge is -2.20. The highest BCUT2D eigenvalue weighted by molar-refractivity contribution is 7.89. The number of carbonyl (C=O) groups excluding carboxylic acids is 1. The van der Waals surface area contributed by atoms with E-state index in [4.69, 9.17) is 0 Å². The zero-order valence-electron chi connectivity index (χ0n) is 17.5. The number of aromatic nitrogens is 1. The molecule has 1 aliphatic rings. The second-order valence-corrected chi connectivity index (χ2v) is 9.64. The molecule has 0 bridgehead atoms. The molecule has 8 heteroatoms. The van der Waals surface area contributed by atoms with Crippen molar-refractivity contribution in [3.8, 4) is 0 Å². The minimum Gasteiger partial charge on any atom is -0.325 e. The van der Waals surface area contributed by atoms with Gasteiger partial charge in [0, 0.05) is 43.6 Å². The number of sulfonamides is 1. The molecule has 3 rings (SSSR count).